The van der Waals surface area contributed by atoms with Crippen molar-refractivity contribution in [3.63, 3.8) is 0 Å². The lowest BCUT2D eigenvalue weighted by atomic mass is 9.95. The Morgan fingerprint density at radius 1 is 1.37 bits per heavy atom. The summed E-state index contributed by atoms with van der Waals surface area (Å²) in [6.07, 6.45) is 1.74. The molecule has 0 saturated heterocycles. The largest absolute Gasteiger partial charge is 0.323 e. The molecule has 1 aromatic heterocycles. The summed E-state index contributed by atoms with van der Waals surface area (Å²) in [7, 11) is 0. The summed E-state index contributed by atoms with van der Waals surface area (Å²) in [6.45, 7) is 3.78. The van der Waals surface area contributed by atoms with Crippen LogP contribution in [0.5, 0.6) is 0 Å². The number of benzene rings is 1. The molecule has 2 aromatic rings. The number of hydrogen-bond donors (Lipinski definition) is 2. The Balaban J connectivity index is 2.03. The van der Waals surface area contributed by atoms with Crippen molar-refractivity contribution in [2.75, 3.05) is 5.32 Å². The molecule has 0 aliphatic rings. The summed E-state index contributed by atoms with van der Waals surface area (Å²) < 4.78 is 0. The third-order valence-corrected chi connectivity index (χ3v) is 3.82. The molecule has 0 spiro atoms. The van der Waals surface area contributed by atoms with Gasteiger partial charge in [-0.15, -0.1) is 11.3 Å². The molecule has 1 aromatic carbocycles. The van der Waals surface area contributed by atoms with Gasteiger partial charge in [0.05, 0.1) is 5.92 Å². The van der Waals surface area contributed by atoms with E-state index in [1.165, 1.54) is 11.3 Å². The van der Waals surface area contributed by atoms with Gasteiger partial charge in [-0.1, -0.05) is 37.3 Å². The van der Waals surface area contributed by atoms with E-state index in [0.29, 0.717) is 5.13 Å². The minimum Gasteiger partial charge on any atom is -0.323 e. The van der Waals surface area contributed by atoms with E-state index in [0.717, 1.165) is 10.4 Å². The number of rotatable bonds is 4. The lowest BCUT2D eigenvalue weighted by Crippen LogP contribution is -2.30. The summed E-state index contributed by atoms with van der Waals surface area (Å²) >= 11 is 1.46. The van der Waals surface area contributed by atoms with Crippen LogP contribution in [0.2, 0.25) is 0 Å². The Hall–Kier alpha value is -1.72. The second kappa shape index (κ2) is 5.95. The second-order valence-corrected chi connectivity index (χ2v) is 5.73. The SMILES string of the molecule is Cc1cnc(NC(=O)C(C)C(N)c2ccccc2)s1. The maximum Gasteiger partial charge on any atom is 0.230 e. The molecule has 0 fully saturated rings. The highest BCUT2D eigenvalue weighted by Gasteiger charge is 2.22. The molecule has 0 aliphatic carbocycles. The second-order valence-electron chi connectivity index (χ2n) is 4.49. The van der Waals surface area contributed by atoms with Crippen LogP contribution in [0.15, 0.2) is 36.5 Å². The topological polar surface area (TPSA) is 68.0 Å². The minimum atomic E-state index is -0.317. The zero-order chi connectivity index (χ0) is 13.8. The highest BCUT2D eigenvalue weighted by Crippen LogP contribution is 2.22. The minimum absolute atomic E-state index is 0.106. The summed E-state index contributed by atoms with van der Waals surface area (Å²) in [5, 5.41) is 3.42. The van der Waals surface area contributed by atoms with Crippen molar-refractivity contribution in [2.24, 2.45) is 11.7 Å². The fourth-order valence-electron chi connectivity index (χ4n) is 1.76. The maximum atomic E-state index is 12.1. The van der Waals surface area contributed by atoms with Crippen LogP contribution in [0.25, 0.3) is 0 Å². The molecule has 1 amide bonds. The average Bonchev–Trinajstić information content (AvgIpc) is 2.83. The third kappa shape index (κ3) is 3.39. The fourth-order valence-corrected chi connectivity index (χ4v) is 2.43. The monoisotopic (exact) mass is 275 g/mol. The molecule has 2 unspecified atom stereocenters. The van der Waals surface area contributed by atoms with Crippen LogP contribution in [-0.2, 0) is 4.79 Å². The molecule has 0 saturated carbocycles. The van der Waals surface area contributed by atoms with Crippen molar-refractivity contribution in [2.45, 2.75) is 19.9 Å². The Labute approximate surface area is 116 Å². The fraction of sp³-hybridized carbons (Fsp3) is 0.286. The van der Waals surface area contributed by atoms with Crippen LogP contribution in [0.4, 0.5) is 5.13 Å². The number of nitrogens with one attached hydrogen (secondary N) is 1. The lowest BCUT2D eigenvalue weighted by molar-refractivity contribution is -0.120. The first-order valence-corrected chi connectivity index (χ1v) is 6.93. The van der Waals surface area contributed by atoms with Crippen molar-refractivity contribution in [1.29, 1.82) is 0 Å². The average molecular weight is 275 g/mol. The molecule has 4 nitrogen and oxygen atoms in total. The zero-order valence-electron chi connectivity index (χ0n) is 11.0. The predicted molar refractivity (Wildman–Crippen MR) is 78.0 cm³/mol. The molecule has 2 rings (SSSR count). The molecule has 100 valence electrons. The molecular weight excluding hydrogens is 258 g/mol. The molecule has 5 heteroatoms. The summed E-state index contributed by atoms with van der Waals surface area (Å²) in [5.74, 6) is -0.419. The number of carbonyl (C=O) groups excluding carboxylic acids is 1. The number of nitrogens with two attached hydrogens (primary N) is 1. The molecule has 19 heavy (non-hydrogen) atoms. The number of aromatic nitrogens is 1. The lowest BCUT2D eigenvalue weighted by Gasteiger charge is -2.19. The molecule has 0 bridgehead atoms. The van der Waals surface area contributed by atoms with E-state index in [-0.39, 0.29) is 17.9 Å². The van der Waals surface area contributed by atoms with Crippen LogP contribution in [0.1, 0.15) is 23.4 Å². The van der Waals surface area contributed by atoms with E-state index in [4.69, 9.17) is 5.73 Å². The summed E-state index contributed by atoms with van der Waals surface area (Å²) in [4.78, 5) is 17.3. The molecule has 3 N–H and O–H groups in total. The number of aryl methyl sites for hydroxylation is 1. The molecule has 0 aliphatic heterocycles. The number of hydrogen-bond acceptors (Lipinski definition) is 4. The van der Waals surface area contributed by atoms with Gasteiger partial charge in [0, 0.05) is 17.1 Å². The quantitative estimate of drug-likeness (QED) is 0.901. The number of anilines is 1. The number of amides is 1. The summed E-state index contributed by atoms with van der Waals surface area (Å²) in [6, 6.07) is 9.32. The number of thiazole rings is 1. The normalized spacial score (nSPS) is 13.8. The van der Waals surface area contributed by atoms with E-state index in [1.807, 2.05) is 44.2 Å². The smallest absolute Gasteiger partial charge is 0.230 e. The van der Waals surface area contributed by atoms with Crippen LogP contribution in [0, 0.1) is 12.8 Å². The van der Waals surface area contributed by atoms with Crippen LogP contribution >= 0.6 is 11.3 Å². The van der Waals surface area contributed by atoms with Crippen molar-refractivity contribution in [1.82, 2.24) is 4.98 Å². The van der Waals surface area contributed by atoms with E-state index >= 15 is 0 Å². The van der Waals surface area contributed by atoms with Crippen molar-refractivity contribution < 1.29 is 4.79 Å². The first-order valence-electron chi connectivity index (χ1n) is 6.11. The third-order valence-electron chi connectivity index (χ3n) is 2.99. The highest BCUT2D eigenvalue weighted by atomic mass is 32.1. The van der Waals surface area contributed by atoms with Gasteiger partial charge < -0.3 is 11.1 Å². The van der Waals surface area contributed by atoms with Gasteiger partial charge in [-0.05, 0) is 12.5 Å². The Bertz CT molecular complexity index is 553. The molecular formula is C14H17N3OS. The van der Waals surface area contributed by atoms with Crippen molar-refractivity contribution >= 4 is 22.4 Å². The van der Waals surface area contributed by atoms with E-state index in [1.54, 1.807) is 6.20 Å². The van der Waals surface area contributed by atoms with Gasteiger partial charge in [0.25, 0.3) is 0 Å². The van der Waals surface area contributed by atoms with Crippen molar-refractivity contribution in [3.05, 3.63) is 47.0 Å². The van der Waals surface area contributed by atoms with E-state index in [2.05, 4.69) is 10.3 Å². The highest BCUT2D eigenvalue weighted by molar-refractivity contribution is 7.15. The van der Waals surface area contributed by atoms with Gasteiger partial charge in [-0.2, -0.15) is 0 Å². The predicted octanol–water partition coefficient (Wildman–Crippen LogP) is 2.73. The van der Waals surface area contributed by atoms with Crippen LogP contribution < -0.4 is 11.1 Å². The molecule has 1 heterocycles. The van der Waals surface area contributed by atoms with E-state index in [9.17, 15) is 4.79 Å². The first kappa shape index (κ1) is 13.7. The van der Waals surface area contributed by atoms with E-state index < -0.39 is 0 Å². The van der Waals surface area contributed by atoms with Gasteiger partial charge in [-0.25, -0.2) is 4.98 Å². The van der Waals surface area contributed by atoms with Gasteiger partial charge in [0.2, 0.25) is 5.91 Å². The Morgan fingerprint density at radius 3 is 2.63 bits per heavy atom. The standard InChI is InChI=1S/C14H17N3OS/c1-9-8-16-14(19-9)17-13(18)10(2)12(15)11-6-4-3-5-7-11/h3-8,10,12H,15H2,1-2H3,(H,16,17,18). The Morgan fingerprint density at radius 2 is 2.05 bits per heavy atom. The maximum absolute atomic E-state index is 12.1. The van der Waals surface area contributed by atoms with Gasteiger partial charge in [-0.3, -0.25) is 4.79 Å². The summed E-state index contributed by atoms with van der Waals surface area (Å²) in [5.41, 5.74) is 7.08. The zero-order valence-corrected chi connectivity index (χ0v) is 11.8. The number of nitrogens with zero attached hydrogens (tertiary/aromatic N) is 1. The van der Waals surface area contributed by atoms with Gasteiger partial charge in [0.1, 0.15) is 0 Å². The van der Waals surface area contributed by atoms with Crippen LogP contribution in [0.3, 0.4) is 0 Å². The number of carbonyl (C=O) groups is 1. The molecule has 2 atom stereocenters. The first-order chi connectivity index (χ1) is 9.08. The van der Waals surface area contributed by atoms with Gasteiger partial charge >= 0.3 is 0 Å². The molecule has 0 radical (unpaired) electrons. The van der Waals surface area contributed by atoms with Gasteiger partial charge in [0.15, 0.2) is 5.13 Å². The van der Waals surface area contributed by atoms with Crippen LogP contribution in [-0.4, -0.2) is 10.9 Å². The van der Waals surface area contributed by atoms with Crippen molar-refractivity contribution in [3.8, 4) is 0 Å². The Kier molecular flexibility index (Phi) is 4.29.